The van der Waals surface area contributed by atoms with E-state index >= 15 is 0 Å². The summed E-state index contributed by atoms with van der Waals surface area (Å²) in [7, 11) is -10.9. The number of allylic oxidation sites excluding steroid dienone is 5. The number of ether oxygens (including phenoxy) is 3. The van der Waals surface area contributed by atoms with Gasteiger partial charge in [-0.1, -0.05) is 205 Å². The number of hydrogen-bond donors (Lipinski definition) is 6. The number of nitrogen functional groups attached to an aromatic ring is 1. The van der Waals surface area contributed by atoms with Crippen LogP contribution in [0.1, 0.15) is 220 Å². The number of nitrogens with two attached hydrogens (primary N) is 1. The molecular formula is C55H97N3O16P2. The van der Waals surface area contributed by atoms with Gasteiger partial charge in [-0.05, 0) is 44.1 Å². The molecule has 1 aliphatic rings. The van der Waals surface area contributed by atoms with Gasteiger partial charge in [-0.15, -0.1) is 0 Å². The molecule has 2 rings (SSSR count). The number of esters is 2. The first-order chi connectivity index (χ1) is 36.5. The van der Waals surface area contributed by atoms with Crippen LogP contribution in [0, 0.1) is 5.92 Å². The summed E-state index contributed by atoms with van der Waals surface area (Å²) in [6, 6.07) is 1.24. The number of hydrogen-bond acceptors (Lipinski definition) is 16. The lowest BCUT2D eigenvalue weighted by atomic mass is 9.99. The fourth-order valence-corrected chi connectivity index (χ4v) is 10.7. The summed E-state index contributed by atoms with van der Waals surface area (Å²) in [5.74, 6) is -0.501. The Kier molecular flexibility index (Phi) is 38.1. The van der Waals surface area contributed by atoms with E-state index in [0.717, 1.165) is 80.9 Å². The molecule has 21 heteroatoms. The molecule has 2 heterocycles. The van der Waals surface area contributed by atoms with Crippen molar-refractivity contribution in [3.8, 4) is 0 Å². The summed E-state index contributed by atoms with van der Waals surface area (Å²) in [6.45, 7) is 4.34. The van der Waals surface area contributed by atoms with Crippen molar-refractivity contribution in [3.63, 3.8) is 0 Å². The van der Waals surface area contributed by atoms with E-state index < -0.39 is 89.8 Å². The monoisotopic (exact) mass is 1120 g/mol. The van der Waals surface area contributed by atoms with Gasteiger partial charge in [0.05, 0.1) is 19.3 Å². The van der Waals surface area contributed by atoms with Crippen molar-refractivity contribution in [2.45, 2.75) is 250 Å². The summed E-state index contributed by atoms with van der Waals surface area (Å²) < 4.78 is 56.9. The van der Waals surface area contributed by atoms with Crippen LogP contribution in [0.3, 0.4) is 0 Å². The summed E-state index contributed by atoms with van der Waals surface area (Å²) in [5.41, 5.74) is 4.59. The third-order valence-electron chi connectivity index (χ3n) is 13.4. The Morgan fingerprint density at radius 2 is 1.25 bits per heavy atom. The Balaban J connectivity index is 1.76. The maximum atomic E-state index is 12.9. The quantitative estimate of drug-likeness (QED) is 0.0116. The number of phosphoric ester groups is 2. The van der Waals surface area contributed by atoms with Crippen molar-refractivity contribution in [1.82, 2.24) is 9.55 Å². The fourth-order valence-electron chi connectivity index (χ4n) is 8.59. The highest BCUT2D eigenvalue weighted by atomic mass is 31.3. The molecule has 0 bridgehead atoms. The summed E-state index contributed by atoms with van der Waals surface area (Å²) >= 11 is 0. The number of rotatable bonds is 47. The van der Waals surface area contributed by atoms with Crippen molar-refractivity contribution in [2.24, 2.45) is 5.92 Å². The number of carbonyl (C=O) groups is 2. The molecule has 4 unspecified atom stereocenters. The molecule has 1 fully saturated rings. The highest BCUT2D eigenvalue weighted by Gasteiger charge is 2.46. The maximum absolute atomic E-state index is 12.9. The van der Waals surface area contributed by atoms with Crippen molar-refractivity contribution in [3.05, 3.63) is 59.2 Å². The average Bonchev–Trinajstić information content (AvgIpc) is 3.66. The first-order valence-corrected chi connectivity index (χ1v) is 31.5. The van der Waals surface area contributed by atoms with Gasteiger partial charge in [0, 0.05) is 19.0 Å². The van der Waals surface area contributed by atoms with Crippen LogP contribution >= 0.6 is 15.6 Å². The van der Waals surface area contributed by atoms with Gasteiger partial charge in [0.1, 0.15) is 30.7 Å². The predicted octanol–water partition coefficient (Wildman–Crippen LogP) is 11.6. The van der Waals surface area contributed by atoms with Gasteiger partial charge in [-0.2, -0.15) is 9.29 Å². The third kappa shape index (κ3) is 34.1. The minimum atomic E-state index is -5.45. The van der Waals surface area contributed by atoms with Crippen LogP contribution in [-0.2, 0) is 46.3 Å². The number of nitrogens with zero attached hydrogens (tertiary/aromatic N) is 2. The highest BCUT2D eigenvalue weighted by Crippen LogP contribution is 2.60. The molecule has 0 spiro atoms. The summed E-state index contributed by atoms with van der Waals surface area (Å²) in [6.07, 6.45) is 35.1. The summed E-state index contributed by atoms with van der Waals surface area (Å²) in [5, 5.41) is 31.2. The Bertz CT molecular complexity index is 1950. The van der Waals surface area contributed by atoms with Gasteiger partial charge in [0.15, 0.2) is 12.3 Å². The Morgan fingerprint density at radius 3 is 1.80 bits per heavy atom. The van der Waals surface area contributed by atoms with Crippen LogP contribution < -0.4 is 11.4 Å². The van der Waals surface area contributed by atoms with Gasteiger partial charge < -0.3 is 45.1 Å². The third-order valence-corrected chi connectivity index (χ3v) is 16.0. The number of aliphatic hydroxyl groups is 3. The molecule has 1 saturated heterocycles. The fraction of sp³-hybridized carbons (Fsp3) is 0.782. The van der Waals surface area contributed by atoms with Gasteiger partial charge in [0.2, 0.25) is 0 Å². The van der Waals surface area contributed by atoms with Crippen LogP contribution in [0.5, 0.6) is 0 Å². The Labute approximate surface area is 453 Å². The molecule has 0 saturated carbocycles. The molecule has 1 aromatic heterocycles. The lowest BCUT2D eigenvalue weighted by molar-refractivity contribution is -0.161. The Morgan fingerprint density at radius 1 is 0.724 bits per heavy atom. The van der Waals surface area contributed by atoms with Gasteiger partial charge in [-0.25, -0.2) is 13.9 Å². The molecule has 76 heavy (non-hydrogen) atoms. The second-order valence-electron chi connectivity index (χ2n) is 20.2. The maximum Gasteiger partial charge on any atom is 0.481 e. The standard InChI is InChI=1S/C55H97N3O16P2/c1-4-6-7-8-21-26-31-36-46(59)37-32-27-24-29-33-38-50(60)69-42-47(72-51(61)39-34-28-23-20-18-16-14-12-10-9-11-13-15-17-19-22-25-30-35-45(3)5-2)43-70-75(65,66)74-76(67,68)71-44-48-52(62)53(63)54(73-48)58-41-40-49(56)57-55(58)64/h6-7,21,26,31,36,40-41,45-48,52-54,59,62-63H,4-5,8-20,22-25,27-30,32-35,37-39,42-44H2,1-3H3,(H,65,66)(H,67,68)(H2,56,57,64)/b7-6+,26-21+,36-31+/t45?,46?,47-,48-,52-,53-,54-/m1/s1. The Hall–Kier alpha value is -3.06. The van der Waals surface area contributed by atoms with E-state index in [1.807, 2.05) is 18.2 Å². The van der Waals surface area contributed by atoms with Crippen LogP contribution in [0.15, 0.2) is 53.5 Å². The molecule has 7 N–H and O–H groups in total. The molecule has 19 nitrogen and oxygen atoms in total. The highest BCUT2D eigenvalue weighted by molar-refractivity contribution is 7.61. The molecule has 0 aromatic carbocycles. The zero-order valence-corrected chi connectivity index (χ0v) is 47.9. The summed E-state index contributed by atoms with van der Waals surface area (Å²) in [4.78, 5) is 62.1. The van der Waals surface area contributed by atoms with Crippen molar-refractivity contribution in [1.29, 1.82) is 0 Å². The van der Waals surface area contributed by atoms with Crippen LogP contribution in [0.25, 0.3) is 0 Å². The van der Waals surface area contributed by atoms with E-state index in [-0.39, 0.29) is 18.7 Å². The van der Waals surface area contributed by atoms with E-state index in [1.54, 1.807) is 6.08 Å². The minimum Gasteiger partial charge on any atom is -0.462 e. The second kappa shape index (κ2) is 41.9. The number of aromatic nitrogens is 2. The van der Waals surface area contributed by atoms with Crippen LogP contribution in [0.2, 0.25) is 0 Å². The molecular weight excluding hydrogens is 1020 g/mol. The van der Waals surface area contributed by atoms with Crippen LogP contribution in [0.4, 0.5) is 5.82 Å². The zero-order chi connectivity index (χ0) is 55.9. The van der Waals surface area contributed by atoms with E-state index in [4.69, 9.17) is 29.0 Å². The minimum absolute atomic E-state index is 0.0330. The average molecular weight is 1120 g/mol. The lowest BCUT2D eigenvalue weighted by Gasteiger charge is -2.21. The van der Waals surface area contributed by atoms with Gasteiger partial charge >= 0.3 is 33.3 Å². The molecule has 0 aliphatic carbocycles. The SMILES string of the molecule is CC/C=C/C/C=C/C=C/C(O)CCCCCCCC(=O)OC[C@H](COP(=O)(O)OP(=O)(O)OC[C@H]1O[C@@H](n2ccc(N)nc2=O)[C@H](O)[C@@H]1O)OC(=O)CCCCCCCCCCCCCCCCCCCCC(C)CC. The van der Waals surface area contributed by atoms with E-state index in [1.165, 1.54) is 102 Å². The van der Waals surface area contributed by atoms with Crippen LogP contribution in [-0.4, -0.2) is 96.9 Å². The number of aliphatic hydroxyl groups excluding tert-OH is 3. The molecule has 1 aliphatic heterocycles. The number of phosphoric acid groups is 2. The molecule has 9 atom stereocenters. The lowest BCUT2D eigenvalue weighted by Crippen LogP contribution is -2.36. The van der Waals surface area contributed by atoms with E-state index in [0.29, 0.717) is 19.3 Å². The first-order valence-electron chi connectivity index (χ1n) is 28.5. The number of carbonyl (C=O) groups excluding carboxylic acids is 2. The number of anilines is 1. The van der Waals surface area contributed by atoms with Crippen molar-refractivity contribution < 1.29 is 71.4 Å². The largest absolute Gasteiger partial charge is 0.481 e. The number of unbranched alkanes of at least 4 members (excludes halogenated alkanes) is 21. The van der Waals surface area contributed by atoms with E-state index in [9.17, 15) is 48.6 Å². The van der Waals surface area contributed by atoms with E-state index in [2.05, 4.69) is 42.2 Å². The van der Waals surface area contributed by atoms with Gasteiger partial charge in [-0.3, -0.25) is 23.2 Å². The normalized spacial score (nSPS) is 19.8. The smallest absolute Gasteiger partial charge is 0.462 e. The second-order valence-corrected chi connectivity index (χ2v) is 23.3. The predicted molar refractivity (Wildman–Crippen MR) is 295 cm³/mol. The molecule has 0 radical (unpaired) electrons. The topological polar surface area (TPSA) is 286 Å². The van der Waals surface area contributed by atoms with Crippen molar-refractivity contribution in [2.75, 3.05) is 25.6 Å². The van der Waals surface area contributed by atoms with Crippen molar-refractivity contribution >= 4 is 33.4 Å². The zero-order valence-electron chi connectivity index (χ0n) is 46.1. The molecule has 438 valence electrons. The molecule has 1 aromatic rings. The first kappa shape index (κ1) is 69.0. The molecule has 0 amide bonds. The van der Waals surface area contributed by atoms with Gasteiger partial charge in [0.25, 0.3) is 0 Å².